The van der Waals surface area contributed by atoms with E-state index in [1.54, 1.807) is 6.07 Å². The number of halogens is 3. The molecule has 0 N–H and O–H groups in total. The summed E-state index contributed by atoms with van der Waals surface area (Å²) in [5.41, 5.74) is 1.10. The van der Waals surface area contributed by atoms with Gasteiger partial charge in [-0.05, 0) is 55.6 Å². The molecular formula is C23H31Cl2FN2O2. The third-order valence-corrected chi connectivity index (χ3v) is 5.95. The van der Waals surface area contributed by atoms with Crippen molar-refractivity contribution < 1.29 is 13.9 Å². The van der Waals surface area contributed by atoms with Gasteiger partial charge >= 0.3 is 0 Å². The van der Waals surface area contributed by atoms with E-state index in [-0.39, 0.29) is 30.6 Å². The smallest absolute Gasteiger partial charge is 0.123 e. The van der Waals surface area contributed by atoms with Crippen LogP contribution in [0.5, 0.6) is 11.5 Å². The number of rotatable bonds is 7. The van der Waals surface area contributed by atoms with Gasteiger partial charge < -0.3 is 9.47 Å². The summed E-state index contributed by atoms with van der Waals surface area (Å²) in [7, 11) is 2.16. The fourth-order valence-corrected chi connectivity index (χ4v) is 4.84. The van der Waals surface area contributed by atoms with Crippen LogP contribution in [0.2, 0.25) is 0 Å². The quantitative estimate of drug-likeness (QED) is 0.603. The average molecular weight is 457 g/mol. The van der Waals surface area contributed by atoms with Crippen LogP contribution >= 0.6 is 24.8 Å². The van der Waals surface area contributed by atoms with E-state index in [2.05, 4.69) is 22.9 Å². The number of fused-ring (bicyclic) bond motifs is 1. The molecule has 2 fully saturated rings. The average Bonchev–Trinajstić information content (AvgIpc) is 3.18. The van der Waals surface area contributed by atoms with Crippen LogP contribution < -0.4 is 9.47 Å². The van der Waals surface area contributed by atoms with Crippen LogP contribution in [0.25, 0.3) is 0 Å². The van der Waals surface area contributed by atoms with Crippen molar-refractivity contribution in [2.24, 2.45) is 11.8 Å². The van der Waals surface area contributed by atoms with E-state index in [9.17, 15) is 4.39 Å². The Bertz CT molecular complexity index is 810. The lowest BCUT2D eigenvalue weighted by Crippen LogP contribution is -2.31. The summed E-state index contributed by atoms with van der Waals surface area (Å²) in [6.07, 6.45) is 0. The molecule has 2 aliphatic heterocycles. The van der Waals surface area contributed by atoms with Crippen molar-refractivity contribution in [2.75, 3.05) is 46.4 Å². The summed E-state index contributed by atoms with van der Waals surface area (Å²) in [6, 6.07) is 15.2. The molecule has 0 aliphatic carbocycles. The molecule has 2 aromatic carbocycles. The number of benzene rings is 2. The summed E-state index contributed by atoms with van der Waals surface area (Å²) in [6.45, 7) is 7.40. The Kier molecular flexibility index (Phi) is 9.23. The molecule has 0 spiro atoms. The van der Waals surface area contributed by atoms with Crippen LogP contribution in [-0.4, -0.2) is 56.2 Å². The third-order valence-electron chi connectivity index (χ3n) is 5.95. The molecule has 0 radical (unpaired) electrons. The Morgan fingerprint density at radius 1 is 0.967 bits per heavy atom. The zero-order chi connectivity index (χ0) is 19.5. The highest BCUT2D eigenvalue weighted by molar-refractivity contribution is 5.85. The zero-order valence-corrected chi connectivity index (χ0v) is 19.1. The Labute approximate surface area is 191 Å². The molecule has 4 nitrogen and oxygen atoms in total. The minimum absolute atomic E-state index is 0. The van der Waals surface area contributed by atoms with E-state index in [0.29, 0.717) is 31.1 Å². The largest absolute Gasteiger partial charge is 0.494 e. The first-order valence-electron chi connectivity index (χ1n) is 10.2. The Hall–Kier alpha value is -1.53. The number of ether oxygens (including phenoxy) is 2. The molecule has 0 unspecified atom stereocenters. The molecule has 7 heteroatoms. The van der Waals surface area contributed by atoms with E-state index in [1.165, 1.54) is 6.07 Å². The fraction of sp³-hybridized carbons (Fsp3) is 0.478. The standard InChI is InChI=1S/C23H29FN2O2.2ClH/c1-3-27-20-8-5-9-21(13-20)28-11-10-26-15-18-14-25(2)23(22(18)16-26)17-6-4-7-19(24)12-17;;/h4-9,12-13,18,22-23H,3,10-11,14-16H2,1-2H3;2*1H/t18-,22+,23-;;/m0../s1. The first kappa shape index (κ1) is 24.7. The van der Waals surface area contributed by atoms with Crippen LogP contribution in [0.3, 0.4) is 0 Å². The predicted octanol–water partition coefficient (Wildman–Crippen LogP) is 4.68. The highest BCUT2D eigenvalue weighted by Crippen LogP contribution is 2.44. The summed E-state index contributed by atoms with van der Waals surface area (Å²) in [5.74, 6) is 2.74. The molecule has 2 heterocycles. The number of likely N-dealkylation sites (tertiary alicyclic amines) is 2. The third kappa shape index (κ3) is 5.58. The van der Waals surface area contributed by atoms with Crippen molar-refractivity contribution in [3.63, 3.8) is 0 Å². The predicted molar refractivity (Wildman–Crippen MR) is 123 cm³/mol. The topological polar surface area (TPSA) is 24.9 Å². The van der Waals surface area contributed by atoms with Crippen LogP contribution in [0.4, 0.5) is 4.39 Å². The van der Waals surface area contributed by atoms with Gasteiger partial charge in [-0.15, -0.1) is 24.8 Å². The highest BCUT2D eigenvalue weighted by atomic mass is 35.5. The van der Waals surface area contributed by atoms with E-state index >= 15 is 0 Å². The summed E-state index contributed by atoms with van der Waals surface area (Å²) >= 11 is 0. The first-order valence-corrected chi connectivity index (χ1v) is 10.2. The van der Waals surface area contributed by atoms with Gasteiger partial charge in [0.2, 0.25) is 0 Å². The highest BCUT2D eigenvalue weighted by Gasteiger charge is 2.45. The molecule has 30 heavy (non-hydrogen) atoms. The summed E-state index contributed by atoms with van der Waals surface area (Å²) in [4.78, 5) is 4.87. The van der Waals surface area contributed by atoms with Crippen molar-refractivity contribution in [2.45, 2.75) is 13.0 Å². The lowest BCUT2D eigenvalue weighted by molar-refractivity contribution is 0.198. The minimum atomic E-state index is -0.146. The molecule has 166 valence electrons. The van der Waals surface area contributed by atoms with Gasteiger partial charge in [0.15, 0.2) is 0 Å². The fourth-order valence-electron chi connectivity index (χ4n) is 4.84. The van der Waals surface area contributed by atoms with Crippen LogP contribution in [0.1, 0.15) is 18.5 Å². The second kappa shape index (κ2) is 11.2. The van der Waals surface area contributed by atoms with Gasteiger partial charge in [-0.1, -0.05) is 18.2 Å². The maximum Gasteiger partial charge on any atom is 0.123 e. The van der Waals surface area contributed by atoms with Gasteiger partial charge in [-0.2, -0.15) is 0 Å². The van der Waals surface area contributed by atoms with Crippen molar-refractivity contribution in [1.29, 1.82) is 0 Å². The monoisotopic (exact) mass is 456 g/mol. The molecule has 0 amide bonds. The van der Waals surface area contributed by atoms with Crippen molar-refractivity contribution in [3.05, 3.63) is 59.9 Å². The van der Waals surface area contributed by atoms with E-state index in [0.717, 1.165) is 43.2 Å². The van der Waals surface area contributed by atoms with Crippen LogP contribution in [0, 0.1) is 17.7 Å². The van der Waals surface area contributed by atoms with E-state index in [4.69, 9.17) is 9.47 Å². The number of nitrogens with zero attached hydrogens (tertiary/aromatic N) is 2. The summed E-state index contributed by atoms with van der Waals surface area (Å²) in [5, 5.41) is 0. The zero-order valence-electron chi connectivity index (χ0n) is 17.5. The molecule has 0 saturated carbocycles. The van der Waals surface area contributed by atoms with Crippen LogP contribution in [0.15, 0.2) is 48.5 Å². The SMILES string of the molecule is CCOc1cccc(OCCN2C[C@@H]3CN(C)[C@@H](c4cccc(F)c4)[C@@H]3C2)c1.Cl.Cl. The normalized spacial score (nSPS) is 23.4. The lowest BCUT2D eigenvalue weighted by Gasteiger charge is -2.27. The molecule has 0 bridgehead atoms. The van der Waals surface area contributed by atoms with Gasteiger partial charge in [-0.25, -0.2) is 4.39 Å². The first-order chi connectivity index (χ1) is 13.6. The minimum Gasteiger partial charge on any atom is -0.494 e. The second-order valence-corrected chi connectivity index (χ2v) is 7.88. The molecular weight excluding hydrogens is 426 g/mol. The Morgan fingerprint density at radius 2 is 1.70 bits per heavy atom. The molecule has 3 atom stereocenters. The Balaban J connectivity index is 0.00000160. The van der Waals surface area contributed by atoms with E-state index < -0.39 is 0 Å². The lowest BCUT2D eigenvalue weighted by atomic mass is 9.89. The van der Waals surface area contributed by atoms with Gasteiger partial charge in [-0.3, -0.25) is 9.80 Å². The molecule has 0 aromatic heterocycles. The maximum atomic E-state index is 13.7. The van der Waals surface area contributed by atoms with Gasteiger partial charge in [0.1, 0.15) is 23.9 Å². The molecule has 4 rings (SSSR count). The van der Waals surface area contributed by atoms with Crippen molar-refractivity contribution in [1.82, 2.24) is 9.80 Å². The summed E-state index contributed by atoms with van der Waals surface area (Å²) < 4.78 is 25.2. The van der Waals surface area contributed by atoms with E-state index in [1.807, 2.05) is 37.3 Å². The second-order valence-electron chi connectivity index (χ2n) is 7.88. The van der Waals surface area contributed by atoms with Crippen molar-refractivity contribution in [3.8, 4) is 11.5 Å². The number of hydrogen-bond acceptors (Lipinski definition) is 4. The molecule has 2 aromatic rings. The number of hydrogen-bond donors (Lipinski definition) is 0. The Morgan fingerprint density at radius 3 is 2.43 bits per heavy atom. The molecule has 2 aliphatic rings. The van der Waals surface area contributed by atoms with Crippen LogP contribution in [-0.2, 0) is 0 Å². The molecule has 2 saturated heterocycles. The van der Waals surface area contributed by atoms with Gasteiger partial charge in [0, 0.05) is 38.3 Å². The maximum absolute atomic E-state index is 13.7. The van der Waals surface area contributed by atoms with Crippen molar-refractivity contribution >= 4 is 24.8 Å². The van der Waals surface area contributed by atoms with Gasteiger partial charge in [0.05, 0.1) is 6.61 Å². The van der Waals surface area contributed by atoms with Gasteiger partial charge in [0.25, 0.3) is 0 Å².